The van der Waals surface area contributed by atoms with Crippen LogP contribution in [0.2, 0.25) is 0 Å². The van der Waals surface area contributed by atoms with E-state index in [0.717, 1.165) is 31.7 Å². The van der Waals surface area contributed by atoms with Crippen LogP contribution in [0.3, 0.4) is 0 Å². The number of phenols is 1. The lowest BCUT2D eigenvalue weighted by atomic mass is 10.1. The molecule has 1 unspecified atom stereocenters. The van der Waals surface area contributed by atoms with Gasteiger partial charge in [0.1, 0.15) is 0 Å². The van der Waals surface area contributed by atoms with Gasteiger partial charge in [-0.1, -0.05) is 0 Å². The van der Waals surface area contributed by atoms with Gasteiger partial charge < -0.3 is 19.9 Å². The summed E-state index contributed by atoms with van der Waals surface area (Å²) in [5, 5.41) is 13.0. The molecule has 16 heavy (non-hydrogen) atoms. The molecule has 2 rings (SSSR count). The zero-order chi connectivity index (χ0) is 11.4. The Morgan fingerprint density at radius 3 is 3.00 bits per heavy atom. The van der Waals surface area contributed by atoms with Crippen LogP contribution in [0.25, 0.3) is 0 Å². The number of rotatable bonds is 3. The summed E-state index contributed by atoms with van der Waals surface area (Å²) in [5.41, 5.74) is 0.897. The number of methoxy groups -OCH3 is 1. The minimum absolute atomic E-state index is 0.157. The second-order valence-corrected chi connectivity index (χ2v) is 3.95. The minimum atomic E-state index is 0.157. The average Bonchev–Trinajstić information content (AvgIpc) is 2.31. The number of hydrogen-bond donors (Lipinski definition) is 2. The van der Waals surface area contributed by atoms with E-state index >= 15 is 0 Å². The summed E-state index contributed by atoms with van der Waals surface area (Å²) in [7, 11) is 1.54. The van der Waals surface area contributed by atoms with E-state index in [1.54, 1.807) is 12.1 Å². The molecule has 1 aromatic rings. The molecular formula is C12H17NO3. The predicted molar refractivity (Wildman–Crippen MR) is 62.1 cm³/mol. The van der Waals surface area contributed by atoms with Gasteiger partial charge in [-0.2, -0.15) is 0 Å². The Kier molecular flexibility index (Phi) is 3.51. The molecule has 1 aliphatic heterocycles. The van der Waals surface area contributed by atoms with Crippen molar-refractivity contribution in [3.8, 4) is 11.5 Å². The Morgan fingerprint density at radius 2 is 2.38 bits per heavy atom. The van der Waals surface area contributed by atoms with Gasteiger partial charge in [0, 0.05) is 24.4 Å². The quantitative estimate of drug-likeness (QED) is 0.822. The van der Waals surface area contributed by atoms with Gasteiger partial charge in [-0.3, -0.25) is 0 Å². The van der Waals surface area contributed by atoms with E-state index in [-0.39, 0.29) is 5.75 Å². The Morgan fingerprint density at radius 1 is 1.50 bits per heavy atom. The summed E-state index contributed by atoms with van der Waals surface area (Å²) >= 11 is 0. The Balaban J connectivity index is 2.01. The maximum absolute atomic E-state index is 9.62. The first-order valence-electron chi connectivity index (χ1n) is 5.51. The molecule has 0 aromatic heterocycles. The molecule has 1 heterocycles. The smallest absolute Gasteiger partial charge is 0.160 e. The van der Waals surface area contributed by atoms with Crippen LogP contribution in [0.5, 0.6) is 11.5 Å². The maximum atomic E-state index is 9.62. The van der Waals surface area contributed by atoms with Gasteiger partial charge in [0.2, 0.25) is 0 Å². The first-order valence-corrected chi connectivity index (χ1v) is 5.51. The third kappa shape index (κ3) is 2.58. The molecule has 0 saturated carbocycles. The fourth-order valence-electron chi connectivity index (χ4n) is 1.87. The zero-order valence-corrected chi connectivity index (χ0v) is 9.40. The lowest BCUT2D eigenvalue weighted by Gasteiger charge is -2.24. The number of hydrogen-bond acceptors (Lipinski definition) is 4. The van der Waals surface area contributed by atoms with Crippen molar-refractivity contribution in [2.45, 2.75) is 18.9 Å². The van der Waals surface area contributed by atoms with Crippen molar-refractivity contribution >= 4 is 5.69 Å². The number of anilines is 1. The van der Waals surface area contributed by atoms with E-state index in [1.807, 2.05) is 6.07 Å². The van der Waals surface area contributed by atoms with Crippen molar-refractivity contribution in [1.82, 2.24) is 0 Å². The standard InChI is InChI=1S/C12H17NO3/c1-15-12-5-4-9(7-11(12)14)13-10-3-2-6-16-8-10/h4-5,7,10,13-14H,2-3,6,8H2,1H3. The van der Waals surface area contributed by atoms with Gasteiger partial charge in [0.25, 0.3) is 0 Å². The molecule has 88 valence electrons. The van der Waals surface area contributed by atoms with E-state index in [4.69, 9.17) is 9.47 Å². The molecule has 1 aliphatic rings. The molecule has 1 saturated heterocycles. The van der Waals surface area contributed by atoms with Crippen molar-refractivity contribution in [2.75, 3.05) is 25.6 Å². The van der Waals surface area contributed by atoms with Gasteiger partial charge >= 0.3 is 0 Å². The Hall–Kier alpha value is -1.42. The van der Waals surface area contributed by atoms with Crippen molar-refractivity contribution in [3.63, 3.8) is 0 Å². The SMILES string of the molecule is COc1ccc(NC2CCCOC2)cc1O. The van der Waals surface area contributed by atoms with E-state index in [0.29, 0.717) is 11.8 Å². The van der Waals surface area contributed by atoms with Crippen molar-refractivity contribution < 1.29 is 14.6 Å². The highest BCUT2D eigenvalue weighted by Crippen LogP contribution is 2.29. The van der Waals surface area contributed by atoms with Gasteiger partial charge in [-0.05, 0) is 25.0 Å². The summed E-state index contributed by atoms with van der Waals surface area (Å²) in [6.45, 7) is 1.58. The van der Waals surface area contributed by atoms with Crippen LogP contribution in [0, 0.1) is 0 Å². The topological polar surface area (TPSA) is 50.7 Å². The molecule has 0 radical (unpaired) electrons. The second kappa shape index (κ2) is 5.07. The molecule has 2 N–H and O–H groups in total. The molecule has 4 heteroatoms. The summed E-state index contributed by atoms with van der Waals surface area (Å²) in [5.74, 6) is 0.648. The maximum Gasteiger partial charge on any atom is 0.160 e. The molecule has 4 nitrogen and oxygen atoms in total. The fraction of sp³-hybridized carbons (Fsp3) is 0.500. The van der Waals surface area contributed by atoms with Crippen LogP contribution in [-0.2, 0) is 4.74 Å². The number of nitrogens with one attached hydrogen (secondary N) is 1. The van der Waals surface area contributed by atoms with Gasteiger partial charge in [-0.15, -0.1) is 0 Å². The molecule has 0 bridgehead atoms. The first kappa shape index (κ1) is 11.1. The summed E-state index contributed by atoms with van der Waals surface area (Å²) in [6.07, 6.45) is 2.19. The monoisotopic (exact) mass is 223 g/mol. The largest absolute Gasteiger partial charge is 0.504 e. The van der Waals surface area contributed by atoms with Gasteiger partial charge in [-0.25, -0.2) is 0 Å². The van der Waals surface area contributed by atoms with Crippen LogP contribution in [0.4, 0.5) is 5.69 Å². The normalized spacial score (nSPS) is 20.4. The van der Waals surface area contributed by atoms with Crippen LogP contribution in [-0.4, -0.2) is 31.5 Å². The summed E-state index contributed by atoms with van der Waals surface area (Å²) in [6, 6.07) is 5.66. The number of benzene rings is 1. The van der Waals surface area contributed by atoms with Gasteiger partial charge in [0.05, 0.1) is 13.7 Å². The molecule has 0 aliphatic carbocycles. The summed E-state index contributed by atoms with van der Waals surface area (Å²) in [4.78, 5) is 0. The van der Waals surface area contributed by atoms with Crippen LogP contribution >= 0.6 is 0 Å². The van der Waals surface area contributed by atoms with Crippen LogP contribution in [0.1, 0.15) is 12.8 Å². The molecule has 1 aromatic carbocycles. The average molecular weight is 223 g/mol. The lowest BCUT2D eigenvalue weighted by molar-refractivity contribution is 0.0876. The number of phenolic OH excluding ortho intramolecular Hbond substituents is 1. The van der Waals surface area contributed by atoms with E-state index in [1.165, 1.54) is 7.11 Å². The van der Waals surface area contributed by atoms with E-state index in [2.05, 4.69) is 5.32 Å². The number of ether oxygens (including phenoxy) is 2. The van der Waals surface area contributed by atoms with Crippen molar-refractivity contribution in [3.05, 3.63) is 18.2 Å². The Labute approximate surface area is 95.2 Å². The molecular weight excluding hydrogens is 206 g/mol. The van der Waals surface area contributed by atoms with Crippen molar-refractivity contribution in [2.24, 2.45) is 0 Å². The lowest BCUT2D eigenvalue weighted by Crippen LogP contribution is -2.29. The minimum Gasteiger partial charge on any atom is -0.504 e. The predicted octanol–water partition coefficient (Wildman–Crippen LogP) is 1.99. The van der Waals surface area contributed by atoms with Crippen LogP contribution < -0.4 is 10.1 Å². The molecule has 0 amide bonds. The highest BCUT2D eigenvalue weighted by molar-refractivity contribution is 5.54. The Bertz CT molecular complexity index is 348. The first-order chi connectivity index (χ1) is 7.79. The van der Waals surface area contributed by atoms with Crippen molar-refractivity contribution in [1.29, 1.82) is 0 Å². The van der Waals surface area contributed by atoms with E-state index in [9.17, 15) is 5.11 Å². The fourth-order valence-corrected chi connectivity index (χ4v) is 1.87. The van der Waals surface area contributed by atoms with Gasteiger partial charge in [0.15, 0.2) is 11.5 Å². The number of aromatic hydroxyl groups is 1. The third-order valence-electron chi connectivity index (χ3n) is 2.71. The molecule has 1 fully saturated rings. The summed E-state index contributed by atoms with van der Waals surface area (Å²) < 4.78 is 10.4. The third-order valence-corrected chi connectivity index (χ3v) is 2.71. The highest BCUT2D eigenvalue weighted by Gasteiger charge is 2.13. The zero-order valence-electron chi connectivity index (χ0n) is 9.40. The molecule has 1 atom stereocenters. The highest BCUT2D eigenvalue weighted by atomic mass is 16.5. The molecule has 0 spiro atoms. The second-order valence-electron chi connectivity index (χ2n) is 3.95. The van der Waals surface area contributed by atoms with Crippen LogP contribution in [0.15, 0.2) is 18.2 Å². The van der Waals surface area contributed by atoms with E-state index < -0.39 is 0 Å².